The molecular formula is C11H12O. The van der Waals surface area contributed by atoms with Gasteiger partial charge in [0.1, 0.15) is 6.10 Å². The summed E-state index contributed by atoms with van der Waals surface area (Å²) in [5, 5.41) is 0. The SMILES string of the molecule is CC1OC=CC1c1ccccc1. The van der Waals surface area contributed by atoms with Gasteiger partial charge in [0.15, 0.2) is 0 Å². The van der Waals surface area contributed by atoms with Gasteiger partial charge in [-0.3, -0.25) is 0 Å². The van der Waals surface area contributed by atoms with Crippen molar-refractivity contribution in [3.63, 3.8) is 0 Å². The summed E-state index contributed by atoms with van der Waals surface area (Å²) in [6.07, 6.45) is 4.19. The van der Waals surface area contributed by atoms with Crippen molar-refractivity contribution >= 4 is 0 Å². The van der Waals surface area contributed by atoms with Gasteiger partial charge in [-0.15, -0.1) is 0 Å². The van der Waals surface area contributed by atoms with Crippen molar-refractivity contribution < 1.29 is 4.74 Å². The predicted octanol–water partition coefficient (Wildman–Crippen LogP) is 2.70. The van der Waals surface area contributed by atoms with Crippen LogP contribution in [0.1, 0.15) is 18.4 Å². The summed E-state index contributed by atoms with van der Waals surface area (Å²) >= 11 is 0. The minimum absolute atomic E-state index is 0.285. The summed E-state index contributed by atoms with van der Waals surface area (Å²) in [4.78, 5) is 0. The molecule has 12 heavy (non-hydrogen) atoms. The lowest BCUT2D eigenvalue weighted by Gasteiger charge is -2.13. The third kappa shape index (κ3) is 1.22. The summed E-state index contributed by atoms with van der Waals surface area (Å²) < 4.78 is 5.34. The molecule has 1 nitrogen and oxygen atoms in total. The molecule has 0 aliphatic carbocycles. The molecule has 1 aliphatic heterocycles. The molecule has 2 atom stereocenters. The van der Waals surface area contributed by atoms with Crippen LogP contribution in [0, 0.1) is 0 Å². The zero-order valence-electron chi connectivity index (χ0n) is 7.10. The Bertz CT molecular complexity index is 276. The molecule has 1 aromatic rings. The van der Waals surface area contributed by atoms with E-state index in [4.69, 9.17) is 4.74 Å². The predicted molar refractivity (Wildman–Crippen MR) is 48.9 cm³/mol. The quantitative estimate of drug-likeness (QED) is 0.613. The van der Waals surface area contributed by atoms with Gasteiger partial charge < -0.3 is 4.74 Å². The lowest BCUT2D eigenvalue weighted by Crippen LogP contribution is -2.09. The largest absolute Gasteiger partial charge is 0.498 e. The minimum Gasteiger partial charge on any atom is -0.498 e. The molecule has 1 aromatic carbocycles. The highest BCUT2D eigenvalue weighted by Crippen LogP contribution is 2.27. The Hall–Kier alpha value is -1.24. The second-order valence-corrected chi connectivity index (χ2v) is 3.11. The van der Waals surface area contributed by atoms with Crippen LogP contribution in [-0.2, 0) is 4.74 Å². The second-order valence-electron chi connectivity index (χ2n) is 3.11. The summed E-state index contributed by atoms with van der Waals surface area (Å²) in [5.41, 5.74) is 1.33. The van der Waals surface area contributed by atoms with E-state index in [-0.39, 0.29) is 6.10 Å². The van der Waals surface area contributed by atoms with Crippen molar-refractivity contribution in [2.45, 2.75) is 18.9 Å². The first-order valence-electron chi connectivity index (χ1n) is 4.25. The highest BCUT2D eigenvalue weighted by atomic mass is 16.5. The summed E-state index contributed by atoms with van der Waals surface area (Å²) in [6, 6.07) is 10.4. The molecule has 0 saturated carbocycles. The van der Waals surface area contributed by atoms with E-state index in [1.165, 1.54) is 5.56 Å². The Balaban J connectivity index is 2.25. The average Bonchev–Trinajstić information content (AvgIpc) is 2.53. The number of hydrogen-bond donors (Lipinski definition) is 0. The van der Waals surface area contributed by atoms with E-state index in [2.05, 4.69) is 37.3 Å². The van der Waals surface area contributed by atoms with E-state index >= 15 is 0 Å². The molecule has 0 radical (unpaired) electrons. The lowest BCUT2D eigenvalue weighted by atomic mass is 9.96. The fourth-order valence-electron chi connectivity index (χ4n) is 1.55. The zero-order valence-corrected chi connectivity index (χ0v) is 7.10. The maximum absolute atomic E-state index is 5.34. The molecule has 62 valence electrons. The Kier molecular flexibility index (Phi) is 1.86. The first-order chi connectivity index (χ1) is 5.88. The van der Waals surface area contributed by atoms with Crippen molar-refractivity contribution in [3.8, 4) is 0 Å². The number of ether oxygens (including phenoxy) is 1. The molecule has 1 heteroatoms. The molecule has 0 saturated heterocycles. The maximum atomic E-state index is 5.34. The number of hydrogen-bond acceptors (Lipinski definition) is 1. The molecule has 0 bridgehead atoms. The van der Waals surface area contributed by atoms with Gasteiger partial charge >= 0.3 is 0 Å². The Labute approximate surface area is 72.7 Å². The van der Waals surface area contributed by atoms with Crippen molar-refractivity contribution in [1.29, 1.82) is 0 Å². The van der Waals surface area contributed by atoms with E-state index < -0.39 is 0 Å². The molecule has 0 fully saturated rings. The summed E-state index contributed by atoms with van der Waals surface area (Å²) in [5.74, 6) is 0.436. The van der Waals surface area contributed by atoms with Crippen LogP contribution in [0.5, 0.6) is 0 Å². The van der Waals surface area contributed by atoms with Gasteiger partial charge in [-0.1, -0.05) is 30.3 Å². The Morgan fingerprint density at radius 1 is 1.17 bits per heavy atom. The van der Waals surface area contributed by atoms with Crippen LogP contribution >= 0.6 is 0 Å². The molecule has 0 aromatic heterocycles. The van der Waals surface area contributed by atoms with Crippen molar-refractivity contribution in [2.75, 3.05) is 0 Å². The van der Waals surface area contributed by atoms with E-state index in [1.54, 1.807) is 6.26 Å². The van der Waals surface area contributed by atoms with Gasteiger partial charge in [0, 0.05) is 5.92 Å². The standard InChI is InChI=1S/C11H12O/c1-9-11(7-8-12-9)10-5-3-2-4-6-10/h2-9,11H,1H3. The van der Waals surface area contributed by atoms with Crippen molar-refractivity contribution in [1.82, 2.24) is 0 Å². The zero-order chi connectivity index (χ0) is 8.39. The molecule has 0 amide bonds. The smallest absolute Gasteiger partial charge is 0.105 e. The highest BCUT2D eigenvalue weighted by Gasteiger charge is 2.20. The fraction of sp³-hybridized carbons (Fsp3) is 0.273. The van der Waals surface area contributed by atoms with Crippen LogP contribution in [-0.4, -0.2) is 6.10 Å². The maximum Gasteiger partial charge on any atom is 0.105 e. The van der Waals surface area contributed by atoms with Crippen LogP contribution in [0.4, 0.5) is 0 Å². The number of rotatable bonds is 1. The average molecular weight is 160 g/mol. The van der Waals surface area contributed by atoms with Crippen LogP contribution < -0.4 is 0 Å². The normalized spacial score (nSPS) is 27.1. The fourth-order valence-corrected chi connectivity index (χ4v) is 1.55. The van der Waals surface area contributed by atoms with Gasteiger partial charge in [0.2, 0.25) is 0 Å². The van der Waals surface area contributed by atoms with Gasteiger partial charge in [-0.2, -0.15) is 0 Å². The molecule has 1 heterocycles. The minimum atomic E-state index is 0.285. The van der Waals surface area contributed by atoms with Crippen molar-refractivity contribution in [3.05, 3.63) is 48.2 Å². The van der Waals surface area contributed by atoms with Gasteiger partial charge in [-0.05, 0) is 18.6 Å². The monoisotopic (exact) mass is 160 g/mol. The van der Waals surface area contributed by atoms with E-state index in [1.807, 2.05) is 6.07 Å². The van der Waals surface area contributed by atoms with Gasteiger partial charge in [0.05, 0.1) is 6.26 Å². The summed E-state index contributed by atoms with van der Waals surface area (Å²) in [6.45, 7) is 2.09. The lowest BCUT2D eigenvalue weighted by molar-refractivity contribution is 0.175. The first-order valence-corrected chi connectivity index (χ1v) is 4.25. The topological polar surface area (TPSA) is 9.23 Å². The van der Waals surface area contributed by atoms with E-state index in [9.17, 15) is 0 Å². The van der Waals surface area contributed by atoms with E-state index in [0.717, 1.165) is 0 Å². The molecule has 0 N–H and O–H groups in total. The van der Waals surface area contributed by atoms with Crippen LogP contribution in [0.15, 0.2) is 42.7 Å². The molecule has 2 unspecified atom stereocenters. The molecule has 1 aliphatic rings. The van der Waals surface area contributed by atoms with E-state index in [0.29, 0.717) is 5.92 Å². The van der Waals surface area contributed by atoms with Crippen LogP contribution in [0.2, 0.25) is 0 Å². The number of benzene rings is 1. The van der Waals surface area contributed by atoms with Crippen LogP contribution in [0.25, 0.3) is 0 Å². The highest BCUT2D eigenvalue weighted by molar-refractivity contribution is 5.26. The molecule has 0 spiro atoms. The molecular weight excluding hydrogens is 148 g/mol. The second kappa shape index (κ2) is 3.02. The third-order valence-corrected chi connectivity index (χ3v) is 2.27. The first kappa shape index (κ1) is 7.41. The Morgan fingerprint density at radius 3 is 2.50 bits per heavy atom. The van der Waals surface area contributed by atoms with Crippen molar-refractivity contribution in [2.24, 2.45) is 0 Å². The summed E-state index contributed by atoms with van der Waals surface area (Å²) in [7, 11) is 0. The van der Waals surface area contributed by atoms with Crippen LogP contribution in [0.3, 0.4) is 0 Å². The van der Waals surface area contributed by atoms with Gasteiger partial charge in [0.25, 0.3) is 0 Å². The third-order valence-electron chi connectivity index (χ3n) is 2.27. The van der Waals surface area contributed by atoms with Gasteiger partial charge in [-0.25, -0.2) is 0 Å². The molecule has 2 rings (SSSR count). The Morgan fingerprint density at radius 2 is 1.92 bits per heavy atom.